The van der Waals surface area contributed by atoms with Gasteiger partial charge in [0, 0.05) is 5.41 Å². The van der Waals surface area contributed by atoms with Gasteiger partial charge in [-0.2, -0.15) is 4.37 Å². The number of nitrogens with one attached hydrogen (secondary N) is 2. The van der Waals surface area contributed by atoms with Crippen molar-refractivity contribution < 1.29 is 4.79 Å². The molecule has 1 aromatic heterocycles. The topological polar surface area (TPSA) is 54.0 Å². The van der Waals surface area contributed by atoms with Crippen molar-refractivity contribution in [3.05, 3.63) is 11.3 Å². The highest BCUT2D eigenvalue weighted by molar-refractivity contribution is 7.10. The number of hydrogen-bond acceptors (Lipinski definition) is 4. The molecule has 2 N–H and O–H groups in total. The molecule has 0 unspecified atom stereocenters. The molecule has 0 bridgehead atoms. The minimum Gasteiger partial charge on any atom is -0.355 e. The van der Waals surface area contributed by atoms with E-state index < -0.39 is 0 Å². The van der Waals surface area contributed by atoms with Gasteiger partial charge in [-0.3, -0.25) is 4.79 Å². The number of carbonyl (C=O) groups excluding carboxylic acids is 1. The molecule has 0 fully saturated rings. The van der Waals surface area contributed by atoms with Crippen molar-refractivity contribution >= 4 is 22.4 Å². The summed E-state index contributed by atoms with van der Waals surface area (Å²) in [5.41, 5.74) is 1.60. The summed E-state index contributed by atoms with van der Waals surface area (Å²) in [5, 5.41) is 7.28. The summed E-state index contributed by atoms with van der Waals surface area (Å²) in [7, 11) is 0. The van der Waals surface area contributed by atoms with E-state index in [4.69, 9.17) is 0 Å². The van der Waals surface area contributed by atoms with Crippen LogP contribution in [0, 0.1) is 5.41 Å². The minimum atomic E-state index is -0.0389. The number of rotatable bonds is 1. The SMILES string of the molecule is CC(C)c1nsc2c1C(=O)N[C@H](C(C)(C)C)N2. The molecule has 94 valence electrons. The monoisotopic (exact) mass is 253 g/mol. The van der Waals surface area contributed by atoms with Crippen LogP contribution in [0.5, 0.6) is 0 Å². The fraction of sp³-hybridized carbons (Fsp3) is 0.667. The van der Waals surface area contributed by atoms with Crippen LogP contribution < -0.4 is 10.6 Å². The molecule has 0 aromatic carbocycles. The van der Waals surface area contributed by atoms with E-state index in [0.29, 0.717) is 0 Å². The van der Waals surface area contributed by atoms with Gasteiger partial charge in [-0.05, 0) is 17.5 Å². The van der Waals surface area contributed by atoms with Crippen LogP contribution in [0.4, 0.5) is 5.00 Å². The fourth-order valence-electron chi connectivity index (χ4n) is 1.82. The highest BCUT2D eigenvalue weighted by Gasteiger charge is 2.35. The Labute approximate surface area is 106 Å². The van der Waals surface area contributed by atoms with Gasteiger partial charge >= 0.3 is 0 Å². The Hall–Kier alpha value is -1.10. The van der Waals surface area contributed by atoms with Gasteiger partial charge in [0.1, 0.15) is 11.2 Å². The Bertz CT molecular complexity index is 445. The predicted octanol–water partition coefficient (Wildman–Crippen LogP) is 2.79. The van der Waals surface area contributed by atoms with E-state index >= 15 is 0 Å². The molecule has 1 amide bonds. The standard InChI is InChI=1S/C12H19N3OS/c1-6(2)8-7-9(16)13-11(12(3,4)5)14-10(7)17-15-8/h6,11,14H,1-5H3,(H,13,16)/t11-/m0/s1. The van der Waals surface area contributed by atoms with E-state index in [-0.39, 0.29) is 23.4 Å². The Balaban J connectivity index is 2.37. The van der Waals surface area contributed by atoms with Gasteiger partial charge in [0.25, 0.3) is 5.91 Å². The molecule has 17 heavy (non-hydrogen) atoms. The van der Waals surface area contributed by atoms with Crippen LogP contribution in [0.2, 0.25) is 0 Å². The van der Waals surface area contributed by atoms with Crippen LogP contribution in [0.3, 0.4) is 0 Å². The normalized spacial score (nSPS) is 19.9. The summed E-state index contributed by atoms with van der Waals surface area (Å²) < 4.78 is 4.38. The number of aromatic nitrogens is 1. The second-order valence-corrected chi connectivity index (χ2v) is 6.62. The smallest absolute Gasteiger partial charge is 0.257 e. The second-order valence-electron chi connectivity index (χ2n) is 5.84. The third kappa shape index (κ3) is 2.16. The van der Waals surface area contributed by atoms with Gasteiger partial charge in [0.15, 0.2) is 0 Å². The van der Waals surface area contributed by atoms with Gasteiger partial charge in [-0.15, -0.1) is 0 Å². The van der Waals surface area contributed by atoms with Gasteiger partial charge in [-0.25, -0.2) is 0 Å². The first-order valence-electron chi connectivity index (χ1n) is 5.87. The van der Waals surface area contributed by atoms with Crippen LogP contribution in [-0.4, -0.2) is 16.4 Å². The molecule has 2 heterocycles. The zero-order valence-corrected chi connectivity index (χ0v) is 11.7. The maximum Gasteiger partial charge on any atom is 0.257 e. The largest absolute Gasteiger partial charge is 0.355 e. The van der Waals surface area contributed by atoms with Gasteiger partial charge in [-0.1, -0.05) is 34.6 Å². The molecule has 0 saturated carbocycles. The Morgan fingerprint density at radius 2 is 1.94 bits per heavy atom. The van der Waals surface area contributed by atoms with Gasteiger partial charge in [0.05, 0.1) is 11.3 Å². The summed E-state index contributed by atoms with van der Waals surface area (Å²) in [6, 6.07) is 0. The Morgan fingerprint density at radius 3 is 2.47 bits per heavy atom. The first kappa shape index (κ1) is 12.4. The molecule has 0 aliphatic carbocycles. The average molecular weight is 253 g/mol. The maximum atomic E-state index is 12.1. The van der Waals surface area contributed by atoms with E-state index in [2.05, 4.69) is 49.6 Å². The predicted molar refractivity (Wildman–Crippen MR) is 70.5 cm³/mol. The molecule has 1 aliphatic heterocycles. The third-order valence-corrected chi connectivity index (χ3v) is 3.70. The zero-order chi connectivity index (χ0) is 12.8. The number of fused-ring (bicyclic) bond motifs is 1. The molecular weight excluding hydrogens is 234 g/mol. The van der Waals surface area contributed by atoms with Crippen molar-refractivity contribution in [2.24, 2.45) is 5.41 Å². The summed E-state index contributed by atoms with van der Waals surface area (Å²) >= 11 is 1.38. The molecule has 1 aromatic rings. The number of amides is 1. The molecule has 0 spiro atoms. The molecule has 0 saturated heterocycles. The van der Waals surface area contributed by atoms with Gasteiger partial charge < -0.3 is 10.6 Å². The number of carbonyl (C=O) groups is 1. The molecule has 1 aliphatic rings. The van der Waals surface area contributed by atoms with Crippen molar-refractivity contribution in [2.45, 2.75) is 46.7 Å². The minimum absolute atomic E-state index is 0.00359. The van der Waals surface area contributed by atoms with Crippen molar-refractivity contribution in [3.8, 4) is 0 Å². The second kappa shape index (κ2) is 3.98. The van der Waals surface area contributed by atoms with Crippen LogP contribution >= 0.6 is 11.5 Å². The highest BCUT2D eigenvalue weighted by Crippen LogP contribution is 2.35. The van der Waals surface area contributed by atoms with Crippen LogP contribution in [0.25, 0.3) is 0 Å². The van der Waals surface area contributed by atoms with E-state index in [1.807, 2.05) is 0 Å². The highest BCUT2D eigenvalue weighted by atomic mass is 32.1. The van der Waals surface area contributed by atoms with E-state index in [9.17, 15) is 4.79 Å². The van der Waals surface area contributed by atoms with Crippen molar-refractivity contribution in [1.29, 1.82) is 0 Å². The summed E-state index contributed by atoms with van der Waals surface area (Å²) in [6.45, 7) is 10.4. The lowest BCUT2D eigenvalue weighted by Crippen LogP contribution is -2.52. The third-order valence-electron chi connectivity index (χ3n) is 2.91. The number of anilines is 1. The quantitative estimate of drug-likeness (QED) is 0.809. The number of nitrogens with zero attached hydrogens (tertiary/aromatic N) is 1. The first-order valence-corrected chi connectivity index (χ1v) is 6.65. The fourth-order valence-corrected chi connectivity index (χ4v) is 2.77. The lowest BCUT2D eigenvalue weighted by atomic mass is 9.90. The van der Waals surface area contributed by atoms with Crippen LogP contribution in [-0.2, 0) is 0 Å². The maximum absolute atomic E-state index is 12.1. The van der Waals surface area contributed by atoms with Crippen LogP contribution in [0.15, 0.2) is 0 Å². The summed E-state index contributed by atoms with van der Waals surface area (Å²) in [6.07, 6.45) is -0.0389. The lowest BCUT2D eigenvalue weighted by molar-refractivity contribution is 0.0904. The van der Waals surface area contributed by atoms with Crippen molar-refractivity contribution in [2.75, 3.05) is 5.32 Å². The lowest BCUT2D eigenvalue weighted by Gasteiger charge is -2.35. The Morgan fingerprint density at radius 1 is 1.29 bits per heavy atom. The summed E-state index contributed by atoms with van der Waals surface area (Å²) in [4.78, 5) is 12.1. The number of hydrogen-bond donors (Lipinski definition) is 2. The molecule has 5 heteroatoms. The Kier molecular flexibility index (Phi) is 2.89. The van der Waals surface area contributed by atoms with E-state index in [0.717, 1.165) is 16.3 Å². The molecule has 2 rings (SSSR count). The van der Waals surface area contributed by atoms with Crippen molar-refractivity contribution in [3.63, 3.8) is 0 Å². The average Bonchev–Trinajstić information content (AvgIpc) is 2.60. The summed E-state index contributed by atoms with van der Waals surface area (Å²) in [5.74, 6) is 0.268. The van der Waals surface area contributed by atoms with E-state index in [1.165, 1.54) is 11.5 Å². The molecule has 0 radical (unpaired) electrons. The van der Waals surface area contributed by atoms with Gasteiger partial charge in [0.2, 0.25) is 0 Å². The molecule has 4 nitrogen and oxygen atoms in total. The first-order chi connectivity index (χ1) is 7.80. The molecule has 1 atom stereocenters. The zero-order valence-electron chi connectivity index (χ0n) is 10.9. The van der Waals surface area contributed by atoms with Crippen LogP contribution in [0.1, 0.15) is 56.6 Å². The van der Waals surface area contributed by atoms with Crippen molar-refractivity contribution in [1.82, 2.24) is 9.69 Å². The van der Waals surface area contributed by atoms with E-state index in [1.54, 1.807) is 0 Å². The molecular formula is C12H19N3OS.